The fourth-order valence-corrected chi connectivity index (χ4v) is 3.60. The Morgan fingerprint density at radius 3 is 2.00 bits per heavy atom. The summed E-state index contributed by atoms with van der Waals surface area (Å²) in [5, 5.41) is 0. The first-order valence-corrected chi connectivity index (χ1v) is 8.91. The Kier molecular flexibility index (Phi) is 6.05. The largest absolute Gasteiger partial charge is 0.298 e. The molecular formula is C20H34N2. The molecule has 0 N–H and O–H groups in total. The summed E-state index contributed by atoms with van der Waals surface area (Å²) in [6.45, 7) is 13.8. The Morgan fingerprint density at radius 1 is 1.00 bits per heavy atom. The van der Waals surface area contributed by atoms with Gasteiger partial charge in [-0.1, -0.05) is 43.7 Å². The van der Waals surface area contributed by atoms with Gasteiger partial charge in [0.25, 0.3) is 0 Å². The minimum atomic E-state index is 0.653. The third-order valence-electron chi connectivity index (χ3n) is 5.31. The van der Waals surface area contributed by atoms with Gasteiger partial charge in [0.05, 0.1) is 0 Å². The Labute approximate surface area is 137 Å². The van der Waals surface area contributed by atoms with Gasteiger partial charge in [0.15, 0.2) is 0 Å². The summed E-state index contributed by atoms with van der Waals surface area (Å²) in [4.78, 5) is 5.21. The molecule has 2 unspecified atom stereocenters. The fourth-order valence-electron chi connectivity index (χ4n) is 3.60. The van der Waals surface area contributed by atoms with Crippen molar-refractivity contribution in [3.63, 3.8) is 0 Å². The molecule has 0 spiro atoms. The summed E-state index contributed by atoms with van der Waals surface area (Å²) >= 11 is 0. The molecule has 2 aliphatic rings. The van der Waals surface area contributed by atoms with Crippen molar-refractivity contribution in [1.82, 2.24) is 9.80 Å². The highest BCUT2D eigenvalue weighted by Crippen LogP contribution is 2.28. The lowest BCUT2D eigenvalue weighted by Crippen LogP contribution is -2.53. The third kappa shape index (κ3) is 4.33. The Morgan fingerprint density at radius 2 is 1.59 bits per heavy atom. The van der Waals surface area contributed by atoms with Crippen LogP contribution in [0.2, 0.25) is 0 Å². The maximum atomic E-state index is 2.63. The molecule has 22 heavy (non-hydrogen) atoms. The predicted molar refractivity (Wildman–Crippen MR) is 96.6 cm³/mol. The van der Waals surface area contributed by atoms with Crippen molar-refractivity contribution in [3.8, 4) is 0 Å². The number of nitrogens with zero attached hydrogens (tertiary/aromatic N) is 2. The smallest absolute Gasteiger partial charge is 0.0224 e. The number of fused-ring (bicyclic) bond motifs is 2. The van der Waals surface area contributed by atoms with Crippen LogP contribution in [0.3, 0.4) is 0 Å². The highest BCUT2D eigenvalue weighted by Gasteiger charge is 2.37. The molecule has 2 nitrogen and oxygen atoms in total. The number of likely N-dealkylation sites (N-methyl/N-ethyl adjacent to an activating group) is 1. The van der Waals surface area contributed by atoms with E-state index in [1.54, 1.807) is 0 Å². The van der Waals surface area contributed by atoms with Crippen molar-refractivity contribution in [1.29, 1.82) is 0 Å². The van der Waals surface area contributed by atoms with Gasteiger partial charge in [-0.3, -0.25) is 9.80 Å². The minimum Gasteiger partial charge on any atom is -0.298 e. The maximum Gasteiger partial charge on any atom is 0.0224 e. The lowest BCUT2D eigenvalue weighted by Gasteiger charge is -2.40. The number of likely N-dealkylation sites (tertiary alicyclic amines) is 1. The molecule has 124 valence electrons. The molecule has 0 aliphatic carbocycles. The van der Waals surface area contributed by atoms with Gasteiger partial charge >= 0.3 is 0 Å². The first kappa shape index (κ1) is 17.5. The molecule has 2 heterocycles. The van der Waals surface area contributed by atoms with Crippen molar-refractivity contribution in [2.24, 2.45) is 0 Å². The van der Waals surface area contributed by atoms with E-state index in [2.05, 4.69) is 75.7 Å². The number of aryl methyl sites for hydroxylation is 1. The summed E-state index contributed by atoms with van der Waals surface area (Å²) in [5.74, 6) is 0.653. The number of piperazine rings is 1. The number of rotatable bonds is 2. The molecule has 2 saturated heterocycles. The molecule has 3 rings (SSSR count). The lowest BCUT2D eigenvalue weighted by molar-refractivity contribution is 0.0682. The van der Waals surface area contributed by atoms with E-state index < -0.39 is 0 Å². The summed E-state index contributed by atoms with van der Waals surface area (Å²) in [7, 11) is 2.29. The van der Waals surface area contributed by atoms with Crippen LogP contribution in [0.15, 0.2) is 24.3 Å². The molecule has 0 radical (unpaired) electrons. The first-order chi connectivity index (χ1) is 10.4. The molecule has 2 aliphatic heterocycles. The normalized spacial score (nSPS) is 25.5. The SMILES string of the molecule is CC(C)N1CC2CCC(C1)N2C.Cc1cccc(C(C)C)c1. The maximum absolute atomic E-state index is 2.63. The van der Waals surface area contributed by atoms with E-state index >= 15 is 0 Å². The second kappa shape index (κ2) is 7.61. The average molecular weight is 303 g/mol. The standard InChI is InChI=1S/C10H20N2.C10H14/c1-8(2)12-6-9-4-5-10(7-12)11(9)3;1-8(2)10-6-4-5-9(3)7-10/h8-10H,4-7H2,1-3H3;4-8H,1-3H3. The van der Waals surface area contributed by atoms with Crippen LogP contribution in [0, 0.1) is 6.92 Å². The molecule has 2 heteroatoms. The summed E-state index contributed by atoms with van der Waals surface area (Å²) in [5.41, 5.74) is 2.78. The zero-order valence-electron chi connectivity index (χ0n) is 15.3. The Bertz CT molecular complexity index is 453. The van der Waals surface area contributed by atoms with Crippen LogP contribution in [0.1, 0.15) is 57.6 Å². The number of hydrogen-bond acceptors (Lipinski definition) is 2. The molecule has 0 amide bonds. The van der Waals surface area contributed by atoms with E-state index in [-0.39, 0.29) is 0 Å². The van der Waals surface area contributed by atoms with Gasteiger partial charge < -0.3 is 0 Å². The van der Waals surface area contributed by atoms with Crippen LogP contribution in [-0.4, -0.2) is 48.1 Å². The van der Waals surface area contributed by atoms with Crippen LogP contribution >= 0.6 is 0 Å². The van der Waals surface area contributed by atoms with Gasteiger partial charge in [-0.15, -0.1) is 0 Å². The number of benzene rings is 1. The average Bonchev–Trinajstić information content (AvgIpc) is 2.69. The molecule has 2 fully saturated rings. The van der Waals surface area contributed by atoms with Crippen molar-refractivity contribution in [2.45, 2.75) is 71.5 Å². The van der Waals surface area contributed by atoms with Gasteiger partial charge in [-0.05, 0) is 52.1 Å². The van der Waals surface area contributed by atoms with Gasteiger partial charge in [0.2, 0.25) is 0 Å². The molecule has 0 aromatic heterocycles. The lowest BCUT2D eigenvalue weighted by atomic mass is 10.0. The monoisotopic (exact) mass is 302 g/mol. The van der Waals surface area contributed by atoms with Gasteiger partial charge in [-0.2, -0.15) is 0 Å². The summed E-state index contributed by atoms with van der Waals surface area (Å²) in [6, 6.07) is 11.1. The zero-order chi connectivity index (χ0) is 16.3. The van der Waals surface area contributed by atoms with Crippen molar-refractivity contribution in [2.75, 3.05) is 20.1 Å². The Hall–Kier alpha value is -0.860. The summed E-state index contributed by atoms with van der Waals surface area (Å²) in [6.07, 6.45) is 2.84. The van der Waals surface area contributed by atoms with E-state index in [0.717, 1.165) is 18.1 Å². The summed E-state index contributed by atoms with van der Waals surface area (Å²) < 4.78 is 0. The van der Waals surface area contributed by atoms with E-state index in [4.69, 9.17) is 0 Å². The molecule has 2 bridgehead atoms. The van der Waals surface area contributed by atoms with E-state index in [1.807, 2.05) is 0 Å². The van der Waals surface area contributed by atoms with E-state index in [9.17, 15) is 0 Å². The quantitative estimate of drug-likeness (QED) is 0.804. The van der Waals surface area contributed by atoms with Gasteiger partial charge in [0.1, 0.15) is 0 Å². The van der Waals surface area contributed by atoms with Gasteiger partial charge in [-0.25, -0.2) is 0 Å². The van der Waals surface area contributed by atoms with Crippen LogP contribution < -0.4 is 0 Å². The predicted octanol–water partition coefficient (Wildman–Crippen LogP) is 4.29. The van der Waals surface area contributed by atoms with E-state index in [0.29, 0.717) is 5.92 Å². The van der Waals surface area contributed by atoms with E-state index in [1.165, 1.54) is 37.1 Å². The fraction of sp³-hybridized carbons (Fsp3) is 0.700. The second-order valence-electron chi connectivity index (χ2n) is 7.67. The van der Waals surface area contributed by atoms with Crippen LogP contribution in [-0.2, 0) is 0 Å². The zero-order valence-corrected chi connectivity index (χ0v) is 15.3. The topological polar surface area (TPSA) is 6.48 Å². The Balaban J connectivity index is 0.000000164. The minimum absolute atomic E-state index is 0.653. The molecule has 1 aromatic rings. The second-order valence-corrected chi connectivity index (χ2v) is 7.67. The van der Waals surface area contributed by atoms with Crippen molar-refractivity contribution in [3.05, 3.63) is 35.4 Å². The highest BCUT2D eigenvalue weighted by atomic mass is 15.3. The van der Waals surface area contributed by atoms with Crippen LogP contribution in [0.25, 0.3) is 0 Å². The highest BCUT2D eigenvalue weighted by molar-refractivity contribution is 5.24. The first-order valence-electron chi connectivity index (χ1n) is 8.91. The van der Waals surface area contributed by atoms with Crippen molar-refractivity contribution >= 4 is 0 Å². The third-order valence-corrected chi connectivity index (χ3v) is 5.31. The van der Waals surface area contributed by atoms with Crippen LogP contribution in [0.5, 0.6) is 0 Å². The van der Waals surface area contributed by atoms with Crippen molar-refractivity contribution < 1.29 is 0 Å². The molecule has 1 aromatic carbocycles. The number of hydrogen-bond donors (Lipinski definition) is 0. The van der Waals surface area contributed by atoms with Gasteiger partial charge in [0, 0.05) is 31.2 Å². The van der Waals surface area contributed by atoms with Crippen LogP contribution in [0.4, 0.5) is 0 Å². The molecule has 0 saturated carbocycles. The molecular weight excluding hydrogens is 268 g/mol. The molecule has 2 atom stereocenters.